The van der Waals surface area contributed by atoms with E-state index in [2.05, 4.69) is 0 Å². The number of nitrogen functional groups attached to an aromatic ring is 1. The number of aryl methyl sites for hydroxylation is 1. The number of nitrogens with two attached hydrogens (primary N) is 1. The van der Waals surface area contributed by atoms with Crippen LogP contribution in [0.15, 0.2) is 17.0 Å². The molecule has 16 heavy (non-hydrogen) atoms. The second kappa shape index (κ2) is 4.39. The molecular weight excluding hydrogens is 231 g/mol. The topological polar surface area (TPSA) is 63.4 Å². The molecule has 0 aliphatic rings. The highest BCUT2D eigenvalue weighted by molar-refractivity contribution is 7.89. The molecule has 0 saturated carbocycles. The summed E-state index contributed by atoms with van der Waals surface area (Å²) >= 11 is 0. The molecule has 0 amide bonds. The van der Waals surface area contributed by atoms with Crippen molar-refractivity contribution < 1.29 is 12.8 Å². The molecule has 0 bridgehead atoms. The van der Waals surface area contributed by atoms with Crippen LogP contribution in [-0.4, -0.2) is 26.3 Å². The first kappa shape index (κ1) is 12.9. The van der Waals surface area contributed by atoms with E-state index in [1.54, 1.807) is 13.8 Å². The summed E-state index contributed by atoms with van der Waals surface area (Å²) in [6.07, 6.45) is 0. The highest BCUT2D eigenvalue weighted by Crippen LogP contribution is 2.23. The molecule has 0 atom stereocenters. The van der Waals surface area contributed by atoms with Gasteiger partial charge in [0.15, 0.2) is 0 Å². The van der Waals surface area contributed by atoms with E-state index < -0.39 is 15.8 Å². The van der Waals surface area contributed by atoms with Gasteiger partial charge in [0.1, 0.15) is 5.82 Å². The monoisotopic (exact) mass is 246 g/mol. The Morgan fingerprint density at radius 3 is 2.50 bits per heavy atom. The van der Waals surface area contributed by atoms with E-state index in [1.807, 2.05) is 0 Å². The fourth-order valence-electron chi connectivity index (χ4n) is 1.28. The Morgan fingerprint density at radius 2 is 2.00 bits per heavy atom. The predicted molar refractivity (Wildman–Crippen MR) is 61.0 cm³/mol. The number of hydrogen-bond acceptors (Lipinski definition) is 3. The number of sulfonamides is 1. The van der Waals surface area contributed by atoms with Gasteiger partial charge in [0.2, 0.25) is 10.0 Å². The van der Waals surface area contributed by atoms with Crippen LogP contribution in [-0.2, 0) is 10.0 Å². The third-order valence-electron chi connectivity index (χ3n) is 2.43. The number of halogens is 1. The van der Waals surface area contributed by atoms with Gasteiger partial charge in [-0.05, 0) is 24.6 Å². The van der Waals surface area contributed by atoms with E-state index >= 15 is 0 Å². The number of anilines is 1. The van der Waals surface area contributed by atoms with Gasteiger partial charge >= 0.3 is 0 Å². The van der Waals surface area contributed by atoms with Crippen molar-refractivity contribution in [2.24, 2.45) is 0 Å². The van der Waals surface area contributed by atoms with Crippen molar-refractivity contribution in [2.75, 3.05) is 19.3 Å². The van der Waals surface area contributed by atoms with Crippen molar-refractivity contribution in [3.63, 3.8) is 0 Å². The van der Waals surface area contributed by atoms with E-state index in [0.29, 0.717) is 12.1 Å². The highest BCUT2D eigenvalue weighted by atomic mass is 32.2. The quantitative estimate of drug-likeness (QED) is 0.819. The summed E-state index contributed by atoms with van der Waals surface area (Å²) in [6.45, 7) is 3.61. The lowest BCUT2D eigenvalue weighted by Crippen LogP contribution is -2.27. The van der Waals surface area contributed by atoms with E-state index in [1.165, 1.54) is 11.4 Å². The highest BCUT2D eigenvalue weighted by Gasteiger charge is 2.22. The van der Waals surface area contributed by atoms with Crippen LogP contribution in [0.5, 0.6) is 0 Å². The first-order chi connectivity index (χ1) is 7.30. The number of benzene rings is 1. The number of rotatable bonds is 3. The van der Waals surface area contributed by atoms with Crippen LogP contribution in [0, 0.1) is 12.7 Å². The molecule has 1 rings (SSSR count). The van der Waals surface area contributed by atoms with Gasteiger partial charge in [-0.25, -0.2) is 17.1 Å². The average molecular weight is 246 g/mol. The molecule has 4 nitrogen and oxygen atoms in total. The number of nitrogens with zero attached hydrogens (tertiary/aromatic N) is 1. The summed E-state index contributed by atoms with van der Waals surface area (Å²) in [5.41, 5.74) is 5.56. The Labute approximate surface area is 94.9 Å². The first-order valence-electron chi connectivity index (χ1n) is 4.82. The van der Waals surface area contributed by atoms with Crippen LogP contribution in [0.2, 0.25) is 0 Å². The van der Waals surface area contributed by atoms with Crippen LogP contribution in [0.4, 0.5) is 10.1 Å². The fraction of sp³-hybridized carbons (Fsp3) is 0.400. The molecule has 0 saturated heterocycles. The van der Waals surface area contributed by atoms with E-state index in [0.717, 1.165) is 12.1 Å². The van der Waals surface area contributed by atoms with E-state index in [9.17, 15) is 12.8 Å². The Hall–Kier alpha value is -1.14. The zero-order valence-electron chi connectivity index (χ0n) is 9.49. The van der Waals surface area contributed by atoms with Crippen LogP contribution in [0.1, 0.15) is 12.5 Å². The minimum atomic E-state index is -3.57. The molecule has 1 aromatic rings. The molecule has 0 aliphatic heterocycles. The van der Waals surface area contributed by atoms with Gasteiger partial charge in [-0.3, -0.25) is 0 Å². The van der Waals surface area contributed by atoms with E-state index in [-0.39, 0.29) is 10.6 Å². The Kier molecular flexibility index (Phi) is 3.54. The third kappa shape index (κ3) is 2.17. The third-order valence-corrected chi connectivity index (χ3v) is 4.50. The molecular formula is C10H15FN2O2S. The lowest BCUT2D eigenvalue weighted by molar-refractivity contribution is 0.485. The van der Waals surface area contributed by atoms with Crippen molar-refractivity contribution >= 4 is 15.7 Å². The van der Waals surface area contributed by atoms with Crippen molar-refractivity contribution in [1.29, 1.82) is 0 Å². The molecule has 0 aromatic heterocycles. The second-order valence-electron chi connectivity index (χ2n) is 3.56. The van der Waals surface area contributed by atoms with Crippen LogP contribution >= 0.6 is 0 Å². The van der Waals surface area contributed by atoms with Gasteiger partial charge in [0.05, 0.1) is 10.6 Å². The van der Waals surface area contributed by atoms with Gasteiger partial charge in [-0.2, -0.15) is 0 Å². The molecule has 0 aliphatic carbocycles. The van der Waals surface area contributed by atoms with Crippen LogP contribution < -0.4 is 5.73 Å². The maximum absolute atomic E-state index is 13.1. The maximum Gasteiger partial charge on any atom is 0.243 e. The van der Waals surface area contributed by atoms with Crippen molar-refractivity contribution in [2.45, 2.75) is 18.7 Å². The Morgan fingerprint density at radius 1 is 1.44 bits per heavy atom. The molecule has 6 heteroatoms. The SMILES string of the molecule is CCN(C)S(=O)(=O)c1cc(N)c(F)cc1C. The first-order valence-corrected chi connectivity index (χ1v) is 6.26. The largest absolute Gasteiger partial charge is 0.396 e. The molecule has 0 unspecified atom stereocenters. The summed E-state index contributed by atoms with van der Waals surface area (Å²) in [5.74, 6) is -0.601. The van der Waals surface area contributed by atoms with Gasteiger partial charge in [0, 0.05) is 13.6 Å². The molecule has 0 radical (unpaired) electrons. The van der Waals surface area contributed by atoms with Gasteiger partial charge in [-0.15, -0.1) is 0 Å². The zero-order valence-corrected chi connectivity index (χ0v) is 10.3. The lowest BCUT2D eigenvalue weighted by atomic mass is 10.2. The van der Waals surface area contributed by atoms with Crippen molar-refractivity contribution in [3.05, 3.63) is 23.5 Å². The predicted octanol–water partition coefficient (Wildman–Crippen LogP) is 1.36. The van der Waals surface area contributed by atoms with Crippen molar-refractivity contribution in [3.8, 4) is 0 Å². The average Bonchev–Trinajstić information content (AvgIpc) is 2.21. The summed E-state index contributed by atoms with van der Waals surface area (Å²) in [7, 11) is -2.11. The molecule has 0 spiro atoms. The Bertz CT molecular complexity index is 500. The smallest absolute Gasteiger partial charge is 0.243 e. The maximum atomic E-state index is 13.1. The standard InChI is InChI=1S/C10H15FN2O2S/c1-4-13(3)16(14,15)10-6-9(12)8(11)5-7(10)2/h5-6H,4,12H2,1-3H3. The molecule has 90 valence electrons. The lowest BCUT2D eigenvalue weighted by Gasteiger charge is -2.17. The molecule has 0 heterocycles. The zero-order chi connectivity index (χ0) is 12.5. The second-order valence-corrected chi connectivity index (χ2v) is 5.57. The molecule has 1 aromatic carbocycles. The summed E-state index contributed by atoms with van der Waals surface area (Å²) in [6, 6.07) is 2.29. The minimum absolute atomic E-state index is 0.0516. The fourth-order valence-corrected chi connectivity index (χ4v) is 2.70. The summed E-state index contributed by atoms with van der Waals surface area (Å²) in [5, 5.41) is 0. The van der Waals surface area contributed by atoms with Gasteiger partial charge in [-0.1, -0.05) is 6.92 Å². The Balaban J connectivity index is 3.40. The van der Waals surface area contributed by atoms with Crippen LogP contribution in [0.25, 0.3) is 0 Å². The van der Waals surface area contributed by atoms with Gasteiger partial charge in [0.25, 0.3) is 0 Å². The molecule has 2 N–H and O–H groups in total. The van der Waals surface area contributed by atoms with Gasteiger partial charge < -0.3 is 5.73 Å². The molecule has 0 fully saturated rings. The van der Waals surface area contributed by atoms with Crippen molar-refractivity contribution in [1.82, 2.24) is 4.31 Å². The van der Waals surface area contributed by atoms with Crippen LogP contribution in [0.3, 0.4) is 0 Å². The van der Waals surface area contributed by atoms with E-state index in [4.69, 9.17) is 5.73 Å². The number of hydrogen-bond donors (Lipinski definition) is 1. The summed E-state index contributed by atoms with van der Waals surface area (Å²) < 4.78 is 38.3. The minimum Gasteiger partial charge on any atom is -0.396 e. The summed E-state index contributed by atoms with van der Waals surface area (Å²) in [4.78, 5) is 0.0516. The normalized spacial score (nSPS) is 12.1.